The van der Waals surface area contributed by atoms with Crippen LogP contribution in [0.1, 0.15) is 19.3 Å². The van der Waals surface area contributed by atoms with Gasteiger partial charge in [0.1, 0.15) is 4.21 Å². The van der Waals surface area contributed by atoms with Gasteiger partial charge in [-0.1, -0.05) is 11.6 Å². The average molecular weight is 400 g/mol. The summed E-state index contributed by atoms with van der Waals surface area (Å²) in [6, 6.07) is 2.47. The van der Waals surface area contributed by atoms with Crippen LogP contribution in [0.25, 0.3) is 0 Å². The van der Waals surface area contributed by atoms with Gasteiger partial charge in [-0.2, -0.15) is 4.31 Å². The summed E-state index contributed by atoms with van der Waals surface area (Å²) >= 11 is 6.85. The van der Waals surface area contributed by atoms with Gasteiger partial charge in [-0.3, -0.25) is 0 Å². The highest BCUT2D eigenvalue weighted by Crippen LogP contribution is 2.32. The summed E-state index contributed by atoms with van der Waals surface area (Å²) in [5.74, 6) is -0.0987. The zero-order valence-corrected chi connectivity index (χ0v) is 15.6. The number of ether oxygens (including phenoxy) is 1. The van der Waals surface area contributed by atoms with Crippen LogP contribution < -0.4 is 0 Å². The third-order valence-corrected chi connectivity index (χ3v) is 9.50. The van der Waals surface area contributed by atoms with Gasteiger partial charge in [-0.15, -0.1) is 11.3 Å². The van der Waals surface area contributed by atoms with Crippen molar-refractivity contribution in [2.45, 2.75) is 35.6 Å². The molecule has 0 unspecified atom stereocenters. The molecule has 1 aromatic heterocycles. The minimum absolute atomic E-state index is 0.0282. The van der Waals surface area contributed by atoms with E-state index in [-0.39, 0.29) is 28.4 Å². The van der Waals surface area contributed by atoms with Gasteiger partial charge in [0.15, 0.2) is 9.84 Å². The minimum Gasteiger partial charge on any atom is -0.377 e. The third kappa shape index (κ3) is 3.91. The molecule has 2 aliphatic heterocycles. The molecule has 0 aromatic carbocycles. The predicted molar refractivity (Wildman–Crippen MR) is 89.3 cm³/mol. The second kappa shape index (κ2) is 6.61. The van der Waals surface area contributed by atoms with Gasteiger partial charge in [0, 0.05) is 19.2 Å². The SMILES string of the molecule is O=S1(=O)CC[C@@H](N(C[C@H]2CCCO2)S(=O)(=O)c2ccc(Cl)s2)C1. The number of sulfone groups is 1. The Balaban J connectivity index is 1.90. The van der Waals surface area contributed by atoms with Gasteiger partial charge >= 0.3 is 0 Å². The van der Waals surface area contributed by atoms with Crippen LogP contribution in [0.15, 0.2) is 16.3 Å². The normalized spacial score (nSPS) is 27.7. The van der Waals surface area contributed by atoms with Gasteiger partial charge in [0.2, 0.25) is 0 Å². The fourth-order valence-electron chi connectivity index (χ4n) is 2.99. The highest BCUT2D eigenvalue weighted by Gasteiger charge is 2.40. The van der Waals surface area contributed by atoms with E-state index in [4.69, 9.17) is 16.3 Å². The van der Waals surface area contributed by atoms with E-state index < -0.39 is 25.9 Å². The molecule has 130 valence electrons. The lowest BCUT2D eigenvalue weighted by Crippen LogP contribution is -2.44. The summed E-state index contributed by atoms with van der Waals surface area (Å²) in [6.07, 6.45) is 1.83. The molecule has 6 nitrogen and oxygen atoms in total. The van der Waals surface area contributed by atoms with Crippen LogP contribution in [0.5, 0.6) is 0 Å². The zero-order chi connectivity index (χ0) is 16.7. The summed E-state index contributed by atoms with van der Waals surface area (Å²) in [5.41, 5.74) is 0. The Morgan fingerprint density at radius 3 is 2.65 bits per heavy atom. The van der Waals surface area contributed by atoms with E-state index in [1.54, 1.807) is 0 Å². The van der Waals surface area contributed by atoms with Crippen molar-refractivity contribution in [1.82, 2.24) is 4.31 Å². The molecule has 23 heavy (non-hydrogen) atoms. The highest BCUT2D eigenvalue weighted by molar-refractivity contribution is 7.92. The number of halogens is 1. The summed E-state index contributed by atoms with van der Waals surface area (Å²) in [6.45, 7) is 0.810. The molecule has 10 heteroatoms. The maximum absolute atomic E-state index is 13.0. The number of rotatable bonds is 5. The van der Waals surface area contributed by atoms with Crippen LogP contribution in [-0.2, 0) is 24.6 Å². The van der Waals surface area contributed by atoms with Crippen molar-refractivity contribution in [3.05, 3.63) is 16.5 Å². The molecule has 0 N–H and O–H groups in total. The van der Waals surface area contributed by atoms with Crippen LogP contribution in [-0.4, -0.2) is 57.9 Å². The topological polar surface area (TPSA) is 80.8 Å². The molecule has 0 amide bonds. The maximum atomic E-state index is 13.0. The zero-order valence-electron chi connectivity index (χ0n) is 12.4. The van der Waals surface area contributed by atoms with Crippen LogP contribution in [0.3, 0.4) is 0 Å². The molecular formula is C13H18ClNO5S3. The van der Waals surface area contributed by atoms with E-state index in [0.717, 1.165) is 24.2 Å². The standard InChI is InChI=1S/C13H18ClNO5S3/c14-12-3-4-13(21-12)23(18,19)15(8-11-2-1-6-20-11)10-5-7-22(16,17)9-10/h3-4,10-11H,1-2,5-9H2/t10-,11-/m1/s1. The fourth-order valence-corrected chi connectivity index (χ4v) is 8.11. The van der Waals surface area contributed by atoms with E-state index in [1.807, 2.05) is 0 Å². The maximum Gasteiger partial charge on any atom is 0.252 e. The molecule has 2 atom stereocenters. The van der Waals surface area contributed by atoms with Crippen molar-refractivity contribution in [2.24, 2.45) is 0 Å². The van der Waals surface area contributed by atoms with Crippen molar-refractivity contribution in [2.75, 3.05) is 24.7 Å². The number of sulfonamides is 1. The molecule has 0 bridgehead atoms. The quantitative estimate of drug-likeness (QED) is 0.753. The molecule has 2 aliphatic rings. The number of thiophene rings is 1. The van der Waals surface area contributed by atoms with Crippen molar-refractivity contribution in [3.63, 3.8) is 0 Å². The molecule has 1 aromatic rings. The summed E-state index contributed by atoms with van der Waals surface area (Å²) in [4.78, 5) is 0. The molecule has 2 fully saturated rings. The molecule has 3 heterocycles. The van der Waals surface area contributed by atoms with E-state index in [1.165, 1.54) is 16.4 Å². The van der Waals surface area contributed by atoms with Crippen molar-refractivity contribution >= 4 is 42.8 Å². The van der Waals surface area contributed by atoms with E-state index >= 15 is 0 Å². The van der Waals surface area contributed by atoms with Crippen LogP contribution in [0, 0.1) is 0 Å². The Morgan fingerprint density at radius 1 is 1.35 bits per heavy atom. The Bertz CT molecular complexity index is 767. The third-order valence-electron chi connectivity index (χ3n) is 4.13. The fraction of sp³-hybridized carbons (Fsp3) is 0.692. The molecule has 0 saturated carbocycles. The molecule has 0 aliphatic carbocycles. The Morgan fingerprint density at radius 2 is 2.13 bits per heavy atom. The summed E-state index contributed by atoms with van der Waals surface area (Å²) < 4.78 is 56.9. The highest BCUT2D eigenvalue weighted by atomic mass is 35.5. The second-order valence-corrected chi connectivity index (χ2v) is 11.9. The van der Waals surface area contributed by atoms with Gasteiger partial charge < -0.3 is 4.74 Å². The van der Waals surface area contributed by atoms with Crippen LogP contribution in [0.2, 0.25) is 4.34 Å². The van der Waals surface area contributed by atoms with Gasteiger partial charge in [-0.05, 0) is 31.4 Å². The van der Waals surface area contributed by atoms with Crippen LogP contribution in [0.4, 0.5) is 0 Å². The van der Waals surface area contributed by atoms with Gasteiger partial charge in [0.25, 0.3) is 10.0 Å². The van der Waals surface area contributed by atoms with Gasteiger partial charge in [0.05, 0.1) is 21.9 Å². The Kier molecular flexibility index (Phi) is 5.06. The lowest BCUT2D eigenvalue weighted by atomic mass is 10.2. The Hall–Kier alpha value is -0.190. The van der Waals surface area contributed by atoms with E-state index in [0.29, 0.717) is 17.4 Å². The van der Waals surface area contributed by atoms with Crippen molar-refractivity contribution in [3.8, 4) is 0 Å². The first-order valence-electron chi connectivity index (χ1n) is 7.37. The second-order valence-electron chi connectivity index (χ2n) is 5.83. The van der Waals surface area contributed by atoms with E-state index in [9.17, 15) is 16.8 Å². The van der Waals surface area contributed by atoms with Crippen LogP contribution >= 0.6 is 22.9 Å². The minimum atomic E-state index is -3.78. The lowest BCUT2D eigenvalue weighted by molar-refractivity contribution is 0.0877. The monoisotopic (exact) mass is 399 g/mol. The lowest BCUT2D eigenvalue weighted by Gasteiger charge is -2.28. The Labute approximate surface area is 145 Å². The molecule has 3 rings (SSSR count). The molecule has 2 saturated heterocycles. The molecular weight excluding hydrogens is 382 g/mol. The van der Waals surface area contributed by atoms with Crippen molar-refractivity contribution < 1.29 is 21.6 Å². The molecule has 0 radical (unpaired) electrons. The van der Waals surface area contributed by atoms with Gasteiger partial charge in [-0.25, -0.2) is 16.8 Å². The summed E-state index contributed by atoms with van der Waals surface area (Å²) in [7, 11) is -6.96. The predicted octanol–water partition coefficient (Wildman–Crippen LogP) is 1.76. The largest absolute Gasteiger partial charge is 0.377 e. The average Bonchev–Trinajstić information content (AvgIpc) is 3.17. The smallest absolute Gasteiger partial charge is 0.252 e. The number of nitrogens with zero attached hydrogens (tertiary/aromatic N) is 1. The first-order chi connectivity index (χ1) is 10.8. The summed E-state index contributed by atoms with van der Waals surface area (Å²) in [5, 5.41) is 0. The first kappa shape index (κ1) is 17.6. The molecule has 0 spiro atoms. The number of hydrogen-bond acceptors (Lipinski definition) is 6. The number of hydrogen-bond donors (Lipinski definition) is 0. The van der Waals surface area contributed by atoms with Crippen molar-refractivity contribution in [1.29, 1.82) is 0 Å². The first-order valence-corrected chi connectivity index (χ1v) is 11.8. The van der Waals surface area contributed by atoms with E-state index in [2.05, 4.69) is 0 Å².